The number of aromatic nitrogens is 1. The summed E-state index contributed by atoms with van der Waals surface area (Å²) in [6.07, 6.45) is 4.97. The zero-order valence-electron chi connectivity index (χ0n) is 16.0. The number of carbonyl (C=O) groups is 2. The maximum Gasteiger partial charge on any atom is 0.228 e. The summed E-state index contributed by atoms with van der Waals surface area (Å²) < 4.78 is 0. The summed E-state index contributed by atoms with van der Waals surface area (Å²) in [7, 11) is 0. The maximum absolute atomic E-state index is 12.9. The Balaban J connectivity index is 1.27. The summed E-state index contributed by atoms with van der Waals surface area (Å²) in [4.78, 5) is 35.5. The number of nitrogens with zero attached hydrogens (tertiary/aromatic N) is 4. The average molecular weight is 378 g/mol. The highest BCUT2D eigenvalue weighted by Gasteiger charge is 2.37. The quantitative estimate of drug-likeness (QED) is 0.796. The van der Waals surface area contributed by atoms with Crippen LogP contribution < -0.4 is 4.90 Å². The van der Waals surface area contributed by atoms with E-state index in [4.69, 9.17) is 0 Å². The molecule has 0 bridgehead atoms. The van der Waals surface area contributed by atoms with Crippen LogP contribution in [0, 0.1) is 5.92 Å². The first-order valence-electron chi connectivity index (χ1n) is 9.96. The summed E-state index contributed by atoms with van der Waals surface area (Å²) in [5.74, 6) is -0.0582. The molecular weight excluding hydrogens is 352 g/mol. The van der Waals surface area contributed by atoms with Crippen molar-refractivity contribution < 1.29 is 9.59 Å². The fraction of sp³-hybridized carbons (Fsp3) is 0.409. The van der Waals surface area contributed by atoms with Crippen LogP contribution in [0.2, 0.25) is 0 Å². The van der Waals surface area contributed by atoms with Crippen molar-refractivity contribution in [1.82, 2.24) is 14.8 Å². The molecule has 146 valence electrons. The molecule has 0 N–H and O–H groups in total. The lowest BCUT2D eigenvalue weighted by atomic mass is 10.1. The SMILES string of the molecule is O=C([C@H]1CC(=O)N(c2ccccc2)C1)N1CCN(CCc2ccncc2)CC1. The van der Waals surface area contributed by atoms with Crippen molar-refractivity contribution in [3.8, 4) is 0 Å². The van der Waals surface area contributed by atoms with E-state index in [1.54, 1.807) is 4.90 Å². The molecule has 0 unspecified atom stereocenters. The number of hydrogen-bond donors (Lipinski definition) is 0. The van der Waals surface area contributed by atoms with E-state index in [-0.39, 0.29) is 17.7 Å². The van der Waals surface area contributed by atoms with E-state index >= 15 is 0 Å². The number of anilines is 1. The van der Waals surface area contributed by atoms with E-state index in [1.807, 2.05) is 47.6 Å². The molecule has 6 heteroatoms. The van der Waals surface area contributed by atoms with Gasteiger partial charge < -0.3 is 9.80 Å². The van der Waals surface area contributed by atoms with Gasteiger partial charge in [-0.25, -0.2) is 0 Å². The maximum atomic E-state index is 12.9. The summed E-state index contributed by atoms with van der Waals surface area (Å²) in [6, 6.07) is 13.7. The largest absolute Gasteiger partial charge is 0.340 e. The Hall–Kier alpha value is -2.73. The molecule has 2 fully saturated rings. The third kappa shape index (κ3) is 4.22. The predicted octanol–water partition coefficient (Wildman–Crippen LogP) is 1.82. The van der Waals surface area contributed by atoms with E-state index in [0.29, 0.717) is 13.0 Å². The summed E-state index contributed by atoms with van der Waals surface area (Å²) in [5.41, 5.74) is 2.17. The Morgan fingerprint density at radius 3 is 2.43 bits per heavy atom. The lowest BCUT2D eigenvalue weighted by Gasteiger charge is -2.35. The van der Waals surface area contributed by atoms with Gasteiger partial charge in [-0.3, -0.25) is 19.5 Å². The van der Waals surface area contributed by atoms with Crippen molar-refractivity contribution in [2.45, 2.75) is 12.8 Å². The van der Waals surface area contributed by atoms with E-state index < -0.39 is 0 Å². The van der Waals surface area contributed by atoms with Crippen LogP contribution in [-0.2, 0) is 16.0 Å². The summed E-state index contributed by atoms with van der Waals surface area (Å²) in [6.45, 7) is 4.75. The van der Waals surface area contributed by atoms with Gasteiger partial charge in [-0.05, 0) is 36.2 Å². The van der Waals surface area contributed by atoms with Crippen LogP contribution in [-0.4, -0.2) is 65.9 Å². The Bertz CT molecular complexity index is 804. The van der Waals surface area contributed by atoms with E-state index in [9.17, 15) is 9.59 Å². The van der Waals surface area contributed by atoms with Crippen LogP contribution >= 0.6 is 0 Å². The van der Waals surface area contributed by atoms with E-state index in [0.717, 1.165) is 44.8 Å². The van der Waals surface area contributed by atoms with Crippen LogP contribution in [0.3, 0.4) is 0 Å². The van der Waals surface area contributed by atoms with Crippen molar-refractivity contribution in [1.29, 1.82) is 0 Å². The first kappa shape index (κ1) is 18.6. The lowest BCUT2D eigenvalue weighted by molar-refractivity contribution is -0.137. The Morgan fingerprint density at radius 1 is 1.00 bits per heavy atom. The van der Waals surface area contributed by atoms with Crippen molar-refractivity contribution in [3.63, 3.8) is 0 Å². The van der Waals surface area contributed by atoms with Gasteiger partial charge in [0.15, 0.2) is 0 Å². The standard InChI is InChI=1S/C22H26N4O2/c27-21-16-19(17-26(21)20-4-2-1-3-5-20)22(28)25-14-12-24(13-15-25)11-8-18-6-9-23-10-7-18/h1-7,9-10,19H,8,11-17H2/t19-/m0/s1. The number of amides is 2. The highest BCUT2D eigenvalue weighted by atomic mass is 16.2. The van der Waals surface area contributed by atoms with Gasteiger partial charge in [-0.2, -0.15) is 0 Å². The van der Waals surface area contributed by atoms with Crippen molar-refractivity contribution in [2.24, 2.45) is 5.92 Å². The van der Waals surface area contributed by atoms with Crippen LogP contribution in [0.1, 0.15) is 12.0 Å². The number of piperazine rings is 1. The molecule has 2 saturated heterocycles. The van der Waals surface area contributed by atoms with Gasteiger partial charge in [0.25, 0.3) is 0 Å². The third-order valence-corrected chi connectivity index (χ3v) is 5.69. The van der Waals surface area contributed by atoms with Gasteiger partial charge >= 0.3 is 0 Å². The molecule has 3 heterocycles. The Labute approximate surface area is 165 Å². The van der Waals surface area contributed by atoms with Crippen molar-refractivity contribution in [2.75, 3.05) is 44.2 Å². The zero-order valence-corrected chi connectivity index (χ0v) is 16.0. The minimum absolute atomic E-state index is 0.0422. The topological polar surface area (TPSA) is 56.8 Å². The summed E-state index contributed by atoms with van der Waals surface area (Å²) in [5, 5.41) is 0. The fourth-order valence-corrected chi connectivity index (χ4v) is 4.02. The number of para-hydroxylation sites is 1. The van der Waals surface area contributed by atoms with Gasteiger partial charge in [0.2, 0.25) is 11.8 Å². The zero-order chi connectivity index (χ0) is 19.3. The van der Waals surface area contributed by atoms with Gasteiger partial charge in [-0.1, -0.05) is 18.2 Å². The molecule has 1 aromatic heterocycles. The Morgan fingerprint density at radius 2 is 1.71 bits per heavy atom. The van der Waals surface area contributed by atoms with Gasteiger partial charge in [-0.15, -0.1) is 0 Å². The highest BCUT2D eigenvalue weighted by molar-refractivity contribution is 6.00. The molecule has 2 amide bonds. The molecule has 28 heavy (non-hydrogen) atoms. The fourth-order valence-electron chi connectivity index (χ4n) is 4.02. The molecule has 4 rings (SSSR count). The van der Waals surface area contributed by atoms with Crippen LogP contribution in [0.25, 0.3) is 0 Å². The van der Waals surface area contributed by atoms with Crippen LogP contribution in [0.5, 0.6) is 0 Å². The van der Waals surface area contributed by atoms with Crippen LogP contribution in [0.15, 0.2) is 54.9 Å². The second-order valence-electron chi connectivity index (χ2n) is 7.51. The highest BCUT2D eigenvalue weighted by Crippen LogP contribution is 2.26. The third-order valence-electron chi connectivity index (χ3n) is 5.69. The van der Waals surface area contributed by atoms with Gasteiger partial charge in [0.1, 0.15) is 0 Å². The molecule has 0 aliphatic carbocycles. The molecule has 0 spiro atoms. The molecule has 0 radical (unpaired) electrons. The van der Waals surface area contributed by atoms with E-state index in [1.165, 1.54) is 5.56 Å². The van der Waals surface area contributed by atoms with Crippen molar-refractivity contribution >= 4 is 17.5 Å². The molecular formula is C22H26N4O2. The first-order chi connectivity index (χ1) is 13.7. The number of rotatable bonds is 5. The first-order valence-corrected chi connectivity index (χ1v) is 9.96. The molecule has 2 aliphatic rings. The second-order valence-corrected chi connectivity index (χ2v) is 7.51. The molecule has 1 atom stereocenters. The molecule has 2 aromatic rings. The minimum Gasteiger partial charge on any atom is -0.340 e. The minimum atomic E-state index is -0.226. The van der Waals surface area contributed by atoms with Crippen molar-refractivity contribution in [3.05, 3.63) is 60.4 Å². The monoisotopic (exact) mass is 378 g/mol. The second kappa shape index (κ2) is 8.52. The van der Waals surface area contributed by atoms with E-state index in [2.05, 4.69) is 22.0 Å². The molecule has 1 aromatic carbocycles. The smallest absolute Gasteiger partial charge is 0.228 e. The van der Waals surface area contributed by atoms with Crippen LogP contribution in [0.4, 0.5) is 5.69 Å². The number of carbonyl (C=O) groups excluding carboxylic acids is 2. The van der Waals surface area contributed by atoms with Gasteiger partial charge in [0, 0.05) is 63.8 Å². The number of benzene rings is 1. The number of hydrogen-bond acceptors (Lipinski definition) is 4. The lowest BCUT2D eigenvalue weighted by Crippen LogP contribution is -2.51. The van der Waals surface area contributed by atoms with Gasteiger partial charge in [0.05, 0.1) is 5.92 Å². The Kier molecular flexibility index (Phi) is 5.67. The summed E-state index contributed by atoms with van der Waals surface area (Å²) >= 11 is 0. The normalized spacial score (nSPS) is 20.6. The number of pyridine rings is 1. The average Bonchev–Trinajstić information content (AvgIpc) is 3.15. The molecule has 2 aliphatic heterocycles. The predicted molar refractivity (Wildman–Crippen MR) is 108 cm³/mol. The molecule has 0 saturated carbocycles. The molecule has 6 nitrogen and oxygen atoms in total.